The van der Waals surface area contributed by atoms with Crippen molar-refractivity contribution in [1.82, 2.24) is 0 Å². The molecule has 0 heterocycles. The number of hydrogen-bond acceptors (Lipinski definition) is 2. The summed E-state index contributed by atoms with van der Waals surface area (Å²) in [6.45, 7) is 5.05. The Balaban J connectivity index is 2.21. The van der Waals surface area contributed by atoms with E-state index in [0.717, 1.165) is 22.8 Å². The first-order chi connectivity index (χ1) is 5.74. The molecule has 1 aliphatic carbocycles. The van der Waals surface area contributed by atoms with Gasteiger partial charge >= 0.3 is 0 Å². The molecule has 72 valence electrons. The Morgan fingerprint density at radius 3 is 2.58 bits per heavy atom. The molecule has 3 unspecified atom stereocenters. The molecule has 0 amide bonds. The Bertz CT molecular complexity index is 125. The van der Waals surface area contributed by atoms with Crippen molar-refractivity contribution in [2.45, 2.75) is 38.4 Å². The average Bonchev–Trinajstić information content (AvgIpc) is 2.07. The third-order valence-electron chi connectivity index (χ3n) is 2.99. The van der Waals surface area contributed by atoms with Gasteiger partial charge in [-0.2, -0.15) is 11.8 Å². The molecule has 0 aliphatic heterocycles. The third kappa shape index (κ3) is 2.98. The quantitative estimate of drug-likeness (QED) is 0.734. The third-order valence-corrected chi connectivity index (χ3v) is 4.31. The monoisotopic (exact) mass is 188 g/mol. The van der Waals surface area contributed by atoms with Gasteiger partial charge in [0.15, 0.2) is 0 Å². The molecule has 0 spiro atoms. The van der Waals surface area contributed by atoms with Gasteiger partial charge in [-0.3, -0.25) is 0 Å². The maximum Gasteiger partial charge on any atom is 0.0521 e. The minimum absolute atomic E-state index is 0.338. The summed E-state index contributed by atoms with van der Waals surface area (Å²) in [5.41, 5.74) is 0. The van der Waals surface area contributed by atoms with E-state index in [1.54, 1.807) is 0 Å². The molecule has 1 aliphatic rings. The van der Waals surface area contributed by atoms with Gasteiger partial charge in [-0.05, 0) is 31.1 Å². The molecule has 2 heteroatoms. The second-order valence-corrected chi connectivity index (χ2v) is 5.39. The average molecular weight is 188 g/mol. The zero-order valence-corrected chi connectivity index (χ0v) is 8.94. The second-order valence-electron chi connectivity index (χ2n) is 3.98. The highest BCUT2D eigenvalue weighted by atomic mass is 32.2. The molecule has 1 rings (SSSR count). The summed E-state index contributed by atoms with van der Waals surface area (Å²) >= 11 is 1.95. The predicted molar refractivity (Wildman–Crippen MR) is 55.5 cm³/mol. The van der Waals surface area contributed by atoms with Gasteiger partial charge in [0.2, 0.25) is 0 Å². The SMILES string of the molecule is CC1CCC(SCCO)CC1C. The van der Waals surface area contributed by atoms with E-state index in [1.165, 1.54) is 19.3 Å². The summed E-state index contributed by atoms with van der Waals surface area (Å²) in [5, 5.41) is 9.52. The van der Waals surface area contributed by atoms with E-state index < -0.39 is 0 Å². The first-order valence-electron chi connectivity index (χ1n) is 4.96. The lowest BCUT2D eigenvalue weighted by Crippen LogP contribution is -2.22. The molecule has 0 saturated heterocycles. The highest BCUT2D eigenvalue weighted by molar-refractivity contribution is 7.99. The van der Waals surface area contributed by atoms with E-state index in [0.29, 0.717) is 6.61 Å². The molecule has 12 heavy (non-hydrogen) atoms. The normalized spacial score (nSPS) is 36.8. The van der Waals surface area contributed by atoms with Gasteiger partial charge in [0.25, 0.3) is 0 Å². The van der Waals surface area contributed by atoms with Gasteiger partial charge in [0.1, 0.15) is 0 Å². The largest absolute Gasteiger partial charge is 0.396 e. The first-order valence-corrected chi connectivity index (χ1v) is 6.01. The summed E-state index contributed by atoms with van der Waals surface area (Å²) in [7, 11) is 0. The van der Waals surface area contributed by atoms with E-state index >= 15 is 0 Å². The number of aliphatic hydroxyl groups is 1. The van der Waals surface area contributed by atoms with Gasteiger partial charge in [0.05, 0.1) is 6.61 Å². The van der Waals surface area contributed by atoms with E-state index in [9.17, 15) is 0 Å². The minimum Gasteiger partial charge on any atom is -0.396 e. The van der Waals surface area contributed by atoms with Crippen molar-refractivity contribution in [3.63, 3.8) is 0 Å². The van der Waals surface area contributed by atoms with Crippen LogP contribution in [0.3, 0.4) is 0 Å². The van der Waals surface area contributed by atoms with Crippen LogP contribution in [0.15, 0.2) is 0 Å². The number of hydrogen-bond donors (Lipinski definition) is 1. The molecule has 1 fully saturated rings. The zero-order valence-electron chi connectivity index (χ0n) is 8.12. The van der Waals surface area contributed by atoms with E-state index in [-0.39, 0.29) is 0 Å². The van der Waals surface area contributed by atoms with Crippen molar-refractivity contribution in [2.75, 3.05) is 12.4 Å². The van der Waals surface area contributed by atoms with Crippen LogP contribution in [0.5, 0.6) is 0 Å². The smallest absolute Gasteiger partial charge is 0.0521 e. The maximum atomic E-state index is 8.69. The van der Waals surface area contributed by atoms with Crippen LogP contribution < -0.4 is 0 Å². The lowest BCUT2D eigenvalue weighted by atomic mass is 9.81. The summed E-state index contributed by atoms with van der Waals surface area (Å²) < 4.78 is 0. The standard InChI is InChI=1S/C10H20OS/c1-8-3-4-10(7-9(8)2)12-6-5-11/h8-11H,3-7H2,1-2H3. The van der Waals surface area contributed by atoms with Gasteiger partial charge in [-0.15, -0.1) is 0 Å². The van der Waals surface area contributed by atoms with Crippen molar-refractivity contribution in [3.05, 3.63) is 0 Å². The highest BCUT2D eigenvalue weighted by Gasteiger charge is 2.24. The summed E-state index contributed by atoms with van der Waals surface area (Å²) in [6.07, 6.45) is 4.09. The van der Waals surface area contributed by atoms with E-state index in [2.05, 4.69) is 13.8 Å². The van der Waals surface area contributed by atoms with E-state index in [4.69, 9.17) is 5.11 Å². The fourth-order valence-electron chi connectivity index (χ4n) is 1.87. The molecule has 0 aromatic carbocycles. The highest BCUT2D eigenvalue weighted by Crippen LogP contribution is 2.35. The van der Waals surface area contributed by atoms with Crippen molar-refractivity contribution in [3.8, 4) is 0 Å². The van der Waals surface area contributed by atoms with Crippen LogP contribution in [-0.2, 0) is 0 Å². The Morgan fingerprint density at radius 2 is 2.00 bits per heavy atom. The molecule has 0 bridgehead atoms. The van der Waals surface area contributed by atoms with E-state index in [1.807, 2.05) is 11.8 Å². The topological polar surface area (TPSA) is 20.2 Å². The molecule has 1 N–H and O–H groups in total. The van der Waals surface area contributed by atoms with Crippen LogP contribution in [0.1, 0.15) is 33.1 Å². The Hall–Kier alpha value is 0.310. The Kier molecular flexibility index (Phi) is 4.44. The van der Waals surface area contributed by atoms with Crippen LogP contribution >= 0.6 is 11.8 Å². The van der Waals surface area contributed by atoms with Crippen LogP contribution in [0.2, 0.25) is 0 Å². The van der Waals surface area contributed by atoms with Crippen molar-refractivity contribution in [2.24, 2.45) is 11.8 Å². The fraction of sp³-hybridized carbons (Fsp3) is 1.00. The van der Waals surface area contributed by atoms with Crippen LogP contribution in [-0.4, -0.2) is 22.7 Å². The molecule has 0 aromatic rings. The molecular weight excluding hydrogens is 168 g/mol. The Labute approximate surface area is 79.9 Å². The molecule has 1 nitrogen and oxygen atoms in total. The van der Waals surface area contributed by atoms with Crippen LogP contribution in [0, 0.1) is 11.8 Å². The maximum absolute atomic E-state index is 8.69. The summed E-state index contributed by atoms with van der Waals surface area (Å²) in [4.78, 5) is 0. The van der Waals surface area contributed by atoms with Crippen molar-refractivity contribution in [1.29, 1.82) is 0 Å². The molecule has 1 saturated carbocycles. The lowest BCUT2D eigenvalue weighted by Gasteiger charge is -2.31. The van der Waals surface area contributed by atoms with Crippen LogP contribution in [0.25, 0.3) is 0 Å². The minimum atomic E-state index is 0.338. The summed E-state index contributed by atoms with van der Waals surface area (Å²) in [6, 6.07) is 0. The molecule has 0 aromatic heterocycles. The zero-order chi connectivity index (χ0) is 8.97. The number of aliphatic hydroxyl groups excluding tert-OH is 1. The van der Waals surface area contributed by atoms with Gasteiger partial charge < -0.3 is 5.11 Å². The molecule has 0 radical (unpaired) electrons. The van der Waals surface area contributed by atoms with Crippen molar-refractivity contribution < 1.29 is 5.11 Å². The molecule has 3 atom stereocenters. The number of rotatable bonds is 3. The number of thioether (sulfide) groups is 1. The predicted octanol–water partition coefficient (Wildman–Crippen LogP) is 2.54. The first kappa shape index (κ1) is 10.4. The fourth-order valence-corrected chi connectivity index (χ4v) is 3.05. The van der Waals surface area contributed by atoms with Gasteiger partial charge in [-0.25, -0.2) is 0 Å². The second kappa shape index (κ2) is 5.13. The van der Waals surface area contributed by atoms with Gasteiger partial charge in [0, 0.05) is 11.0 Å². The molecular formula is C10H20OS. The lowest BCUT2D eigenvalue weighted by molar-refractivity contribution is 0.282. The van der Waals surface area contributed by atoms with Crippen LogP contribution in [0.4, 0.5) is 0 Å². The van der Waals surface area contributed by atoms with Crippen molar-refractivity contribution >= 4 is 11.8 Å². The van der Waals surface area contributed by atoms with Gasteiger partial charge in [-0.1, -0.05) is 13.8 Å². The summed E-state index contributed by atoms with van der Waals surface area (Å²) in [5.74, 6) is 2.72. The Morgan fingerprint density at radius 1 is 1.25 bits per heavy atom.